The van der Waals surface area contributed by atoms with Gasteiger partial charge in [0.05, 0.1) is 24.3 Å². The molecule has 10 nitrogen and oxygen atoms in total. The highest BCUT2D eigenvalue weighted by atomic mass is 32.2. The summed E-state index contributed by atoms with van der Waals surface area (Å²) in [6.45, 7) is 1.73. The second kappa shape index (κ2) is 10.6. The molecule has 1 heterocycles. The third-order valence-corrected chi connectivity index (χ3v) is 8.24. The number of nitrogens with one attached hydrogen (secondary N) is 2. The lowest BCUT2D eigenvalue weighted by Crippen LogP contribution is -2.51. The summed E-state index contributed by atoms with van der Waals surface area (Å²) in [4.78, 5) is 34.3. The maximum atomic E-state index is 14.7. The number of rotatable bonds is 10. The van der Waals surface area contributed by atoms with Crippen molar-refractivity contribution in [2.45, 2.75) is 37.6 Å². The molecule has 2 aromatic carbocycles. The van der Waals surface area contributed by atoms with Crippen molar-refractivity contribution in [1.29, 1.82) is 0 Å². The average molecular weight is 507 g/mol. The summed E-state index contributed by atoms with van der Waals surface area (Å²) in [7, 11) is -2.45. The molecule has 1 amide bonds. The predicted octanol–water partition coefficient (Wildman–Crippen LogP) is 1.94. The van der Waals surface area contributed by atoms with E-state index in [1.54, 1.807) is 24.3 Å². The van der Waals surface area contributed by atoms with E-state index in [0.717, 1.165) is 6.26 Å². The molecule has 0 saturated carbocycles. The molecule has 1 atom stereocenters. The molecule has 0 aliphatic heterocycles. The maximum Gasteiger partial charge on any atom is 0.264 e. The minimum absolute atomic E-state index is 0.0940. The predicted molar refractivity (Wildman–Crippen MR) is 128 cm³/mol. The van der Waals surface area contributed by atoms with Crippen LogP contribution in [0.1, 0.15) is 25.3 Å². The Kier molecular flexibility index (Phi) is 8.00. The molecule has 3 rings (SSSR count). The molecular formula is C23H27FN4O6S. The van der Waals surface area contributed by atoms with Crippen LogP contribution < -0.4 is 16.5 Å². The second-order valence-corrected chi connectivity index (χ2v) is 10.5. The summed E-state index contributed by atoms with van der Waals surface area (Å²) < 4.78 is 38.7. The number of fused-ring (bicyclic) bond motifs is 1. The van der Waals surface area contributed by atoms with Crippen LogP contribution in [0.5, 0.6) is 0 Å². The van der Waals surface area contributed by atoms with Crippen LogP contribution in [-0.2, 0) is 32.6 Å². The van der Waals surface area contributed by atoms with Gasteiger partial charge in [-0.2, -0.15) is 5.48 Å². The van der Waals surface area contributed by atoms with Gasteiger partial charge in [-0.05, 0) is 42.2 Å². The Morgan fingerprint density at radius 1 is 1.26 bits per heavy atom. The van der Waals surface area contributed by atoms with Crippen LogP contribution in [0, 0.1) is 5.82 Å². The minimum atomic E-state index is -3.92. The van der Waals surface area contributed by atoms with Gasteiger partial charge in [-0.1, -0.05) is 25.1 Å². The van der Waals surface area contributed by atoms with E-state index >= 15 is 0 Å². The van der Waals surface area contributed by atoms with Gasteiger partial charge in [-0.15, -0.1) is 0 Å². The van der Waals surface area contributed by atoms with Gasteiger partial charge in [0.25, 0.3) is 11.5 Å². The first-order valence-electron chi connectivity index (χ1n) is 10.8. The van der Waals surface area contributed by atoms with Crippen LogP contribution in [0.15, 0.2) is 47.5 Å². The summed E-state index contributed by atoms with van der Waals surface area (Å²) in [5.41, 5.74) is 5.54. The van der Waals surface area contributed by atoms with Crippen molar-refractivity contribution in [3.05, 3.63) is 64.5 Å². The molecule has 12 heteroatoms. The van der Waals surface area contributed by atoms with E-state index in [1.807, 2.05) is 0 Å². The third-order valence-electron chi connectivity index (χ3n) is 6.14. The first-order valence-corrected chi connectivity index (χ1v) is 12.6. The summed E-state index contributed by atoms with van der Waals surface area (Å²) in [5.74, 6) is -1.49. The summed E-state index contributed by atoms with van der Waals surface area (Å²) in [6.07, 6.45) is 1.83. The molecule has 3 aromatic rings. The van der Waals surface area contributed by atoms with Crippen LogP contribution in [-0.4, -0.2) is 47.2 Å². The van der Waals surface area contributed by atoms with Crippen molar-refractivity contribution in [2.75, 3.05) is 13.4 Å². The fraction of sp³-hybridized carbons (Fsp3) is 0.348. The number of nitrogens with zero attached hydrogens (tertiary/aromatic N) is 2. The Morgan fingerprint density at radius 3 is 2.60 bits per heavy atom. The van der Waals surface area contributed by atoms with E-state index in [2.05, 4.69) is 10.5 Å². The highest BCUT2D eigenvalue weighted by molar-refractivity contribution is 7.92. The van der Waals surface area contributed by atoms with E-state index in [0.29, 0.717) is 28.8 Å². The van der Waals surface area contributed by atoms with Crippen LogP contribution in [0.3, 0.4) is 0 Å². The lowest BCUT2D eigenvalue weighted by Gasteiger charge is -2.28. The molecule has 0 spiro atoms. The van der Waals surface area contributed by atoms with E-state index in [-0.39, 0.29) is 24.8 Å². The maximum absolute atomic E-state index is 14.7. The first-order chi connectivity index (χ1) is 16.6. The Morgan fingerprint density at radius 2 is 2.00 bits per heavy atom. The fourth-order valence-electron chi connectivity index (χ4n) is 4.01. The van der Waals surface area contributed by atoms with E-state index in [1.165, 1.54) is 42.5 Å². The number of sulfone groups is 1. The molecule has 0 unspecified atom stereocenters. The molecule has 0 bridgehead atoms. The summed E-state index contributed by atoms with van der Waals surface area (Å²) in [6, 6.07) is 9.50. The van der Waals surface area contributed by atoms with Crippen molar-refractivity contribution in [2.24, 2.45) is 0 Å². The van der Waals surface area contributed by atoms with E-state index in [4.69, 9.17) is 10.0 Å². The zero-order chi connectivity index (χ0) is 25.8. The fourth-order valence-corrected chi connectivity index (χ4v) is 5.38. The Balaban J connectivity index is 1.93. The van der Waals surface area contributed by atoms with Crippen LogP contribution in [0.25, 0.3) is 22.0 Å². The van der Waals surface area contributed by atoms with Gasteiger partial charge in [0.2, 0.25) is 0 Å². The number of carbonyl (C=O) groups is 1. The van der Waals surface area contributed by atoms with E-state index < -0.39 is 31.9 Å². The SMILES string of the molecule is CC[C@@](CCn1cnc2cc(-c3ccc(CNOC)cc3F)ccc2c1=O)(C(=O)NO)S(C)(=O)=O. The Labute approximate surface area is 201 Å². The summed E-state index contributed by atoms with van der Waals surface area (Å²) >= 11 is 0. The van der Waals surface area contributed by atoms with Crippen molar-refractivity contribution in [3.8, 4) is 11.1 Å². The molecule has 3 N–H and O–H groups in total. The van der Waals surface area contributed by atoms with Crippen molar-refractivity contribution in [3.63, 3.8) is 0 Å². The zero-order valence-corrected chi connectivity index (χ0v) is 20.4. The second-order valence-electron chi connectivity index (χ2n) is 8.13. The highest BCUT2D eigenvalue weighted by Crippen LogP contribution is 2.28. The molecular weight excluding hydrogens is 479 g/mol. The number of amides is 1. The smallest absolute Gasteiger partial charge is 0.264 e. The lowest BCUT2D eigenvalue weighted by atomic mass is 10.00. The van der Waals surface area contributed by atoms with Crippen molar-refractivity contribution >= 4 is 26.6 Å². The standard InChI is InChI=1S/C23H27FN4O6S/c1-4-23(22(30)27-31,35(3,32)33)9-10-28-14-25-20-12-16(6-8-18(20)21(28)29)17-7-5-15(11-19(17)24)13-26-34-2/h5-8,11-12,14,26,31H,4,9-10,13H2,1-3H3,(H,27,30)/t23-/m1/s1. The molecule has 35 heavy (non-hydrogen) atoms. The van der Waals surface area contributed by atoms with Gasteiger partial charge in [-0.3, -0.25) is 19.4 Å². The number of carbonyl (C=O) groups excluding carboxylic acids is 1. The quantitative estimate of drug-likeness (QED) is 0.280. The number of hydroxylamine groups is 2. The molecule has 188 valence electrons. The van der Waals surface area contributed by atoms with Gasteiger partial charge in [0, 0.05) is 24.9 Å². The van der Waals surface area contributed by atoms with Gasteiger partial charge in [-0.25, -0.2) is 23.3 Å². The van der Waals surface area contributed by atoms with Crippen LogP contribution in [0.4, 0.5) is 4.39 Å². The normalized spacial score (nSPS) is 13.5. The molecule has 0 aliphatic carbocycles. The highest BCUT2D eigenvalue weighted by Gasteiger charge is 2.46. The topological polar surface area (TPSA) is 140 Å². The van der Waals surface area contributed by atoms with Crippen LogP contribution in [0.2, 0.25) is 0 Å². The molecule has 0 fully saturated rings. The zero-order valence-electron chi connectivity index (χ0n) is 19.5. The van der Waals surface area contributed by atoms with Crippen LogP contribution >= 0.6 is 0 Å². The number of hydrogen-bond donors (Lipinski definition) is 3. The summed E-state index contributed by atoms with van der Waals surface area (Å²) in [5, 5.41) is 9.33. The first kappa shape index (κ1) is 26.4. The minimum Gasteiger partial charge on any atom is -0.305 e. The number of aromatic nitrogens is 2. The third kappa shape index (κ3) is 5.25. The van der Waals surface area contributed by atoms with Gasteiger partial charge >= 0.3 is 0 Å². The van der Waals surface area contributed by atoms with Gasteiger partial charge in [0.15, 0.2) is 14.6 Å². The van der Waals surface area contributed by atoms with Crippen molar-refractivity contribution < 1.29 is 27.6 Å². The van der Waals surface area contributed by atoms with Gasteiger partial charge < -0.3 is 4.84 Å². The average Bonchev–Trinajstić information content (AvgIpc) is 2.83. The lowest BCUT2D eigenvalue weighted by molar-refractivity contribution is -0.132. The Hall–Kier alpha value is -3.19. The molecule has 0 radical (unpaired) electrons. The molecule has 1 aromatic heterocycles. The van der Waals surface area contributed by atoms with Crippen molar-refractivity contribution in [1.82, 2.24) is 20.5 Å². The number of benzene rings is 2. The number of aryl methyl sites for hydroxylation is 1. The Bertz CT molecular complexity index is 1410. The number of halogens is 1. The number of hydrogen-bond acceptors (Lipinski definition) is 8. The molecule has 0 aliphatic rings. The monoisotopic (exact) mass is 506 g/mol. The van der Waals surface area contributed by atoms with E-state index in [9.17, 15) is 22.4 Å². The largest absolute Gasteiger partial charge is 0.305 e. The molecule has 0 saturated heterocycles. The van der Waals surface area contributed by atoms with Gasteiger partial charge in [0.1, 0.15) is 5.82 Å².